The molecule has 106 valence electrons. The van der Waals surface area contributed by atoms with Crippen molar-refractivity contribution in [2.24, 2.45) is 5.92 Å². The number of benzene rings is 1. The van der Waals surface area contributed by atoms with Gasteiger partial charge in [-0.1, -0.05) is 35.8 Å². The minimum absolute atomic E-state index is 0.307. The van der Waals surface area contributed by atoms with Gasteiger partial charge in [0.1, 0.15) is 0 Å². The molecule has 0 saturated carbocycles. The van der Waals surface area contributed by atoms with Crippen LogP contribution in [0.4, 0.5) is 6.01 Å². The summed E-state index contributed by atoms with van der Waals surface area (Å²) in [6, 6.07) is 7.77. The fraction of sp³-hybridized carbons (Fsp3) is 0.429. The van der Waals surface area contributed by atoms with Crippen LogP contribution in [-0.2, 0) is 0 Å². The Hall–Kier alpha value is -1.59. The molecular formula is C14H16ClN3O2. The second-order valence-electron chi connectivity index (χ2n) is 5.19. The minimum Gasteiger partial charge on any atom is -0.391 e. The van der Waals surface area contributed by atoms with Crippen LogP contribution < -0.4 is 4.90 Å². The smallest absolute Gasteiger partial charge is 0.324 e. The van der Waals surface area contributed by atoms with Gasteiger partial charge in [-0.2, -0.15) is 4.98 Å². The molecule has 0 amide bonds. The fourth-order valence-corrected chi connectivity index (χ4v) is 2.50. The molecule has 0 aliphatic carbocycles. The highest BCUT2D eigenvalue weighted by Crippen LogP contribution is 2.25. The van der Waals surface area contributed by atoms with Crippen LogP contribution >= 0.6 is 11.6 Å². The van der Waals surface area contributed by atoms with Crippen LogP contribution in [0.1, 0.15) is 13.3 Å². The monoisotopic (exact) mass is 293 g/mol. The third-order valence-corrected chi connectivity index (χ3v) is 3.92. The molecule has 0 spiro atoms. The molecule has 1 aliphatic heterocycles. The summed E-state index contributed by atoms with van der Waals surface area (Å²) in [5.41, 5.74) is 0.818. The van der Waals surface area contributed by atoms with Crippen molar-refractivity contribution in [3.8, 4) is 11.4 Å². The SMILES string of the molecule is CC1CCN(c2nc(-c3cccc(Cl)c3)no2)CC1O. The van der Waals surface area contributed by atoms with E-state index in [9.17, 15) is 5.11 Å². The topological polar surface area (TPSA) is 62.4 Å². The molecule has 0 radical (unpaired) electrons. The van der Waals surface area contributed by atoms with Crippen molar-refractivity contribution in [3.05, 3.63) is 29.3 Å². The number of β-amino-alcohol motifs (C(OH)–C–C–N with tert-alkyl or cyclic N) is 1. The van der Waals surface area contributed by atoms with Gasteiger partial charge in [0.05, 0.1) is 6.10 Å². The standard InChI is InChI=1S/C14H16ClN3O2/c1-9-5-6-18(8-12(9)19)14-16-13(17-20-14)10-3-2-4-11(15)7-10/h2-4,7,9,12,19H,5-6,8H2,1H3. The molecule has 1 aliphatic rings. The summed E-state index contributed by atoms with van der Waals surface area (Å²) in [6.07, 6.45) is 0.557. The zero-order valence-electron chi connectivity index (χ0n) is 11.2. The van der Waals surface area contributed by atoms with Gasteiger partial charge in [0.25, 0.3) is 0 Å². The van der Waals surface area contributed by atoms with Gasteiger partial charge in [-0.3, -0.25) is 0 Å². The predicted octanol–water partition coefficient (Wildman–Crippen LogP) is 2.60. The van der Waals surface area contributed by atoms with Gasteiger partial charge < -0.3 is 14.5 Å². The summed E-state index contributed by atoms with van der Waals surface area (Å²) < 4.78 is 5.29. The van der Waals surface area contributed by atoms with E-state index in [1.54, 1.807) is 12.1 Å². The van der Waals surface area contributed by atoms with Crippen LogP contribution in [0, 0.1) is 5.92 Å². The summed E-state index contributed by atoms with van der Waals surface area (Å²) in [5.74, 6) is 0.817. The molecule has 1 aromatic heterocycles. The molecule has 2 heterocycles. The fourth-order valence-electron chi connectivity index (χ4n) is 2.31. The molecule has 3 rings (SSSR count). The van der Waals surface area contributed by atoms with E-state index in [4.69, 9.17) is 16.1 Å². The Labute approximate surface area is 122 Å². The first-order valence-corrected chi connectivity index (χ1v) is 7.04. The van der Waals surface area contributed by atoms with Crippen LogP contribution in [0.2, 0.25) is 5.02 Å². The first-order chi connectivity index (χ1) is 9.63. The van der Waals surface area contributed by atoms with E-state index in [1.165, 1.54) is 0 Å². The molecule has 1 fully saturated rings. The Morgan fingerprint density at radius 1 is 1.45 bits per heavy atom. The number of aliphatic hydroxyl groups is 1. The van der Waals surface area contributed by atoms with Crippen molar-refractivity contribution < 1.29 is 9.63 Å². The van der Waals surface area contributed by atoms with Gasteiger partial charge in [0.2, 0.25) is 5.82 Å². The van der Waals surface area contributed by atoms with E-state index in [-0.39, 0.29) is 6.10 Å². The zero-order valence-corrected chi connectivity index (χ0v) is 11.9. The van der Waals surface area contributed by atoms with E-state index >= 15 is 0 Å². The van der Waals surface area contributed by atoms with E-state index in [2.05, 4.69) is 10.1 Å². The van der Waals surface area contributed by atoms with E-state index in [0.717, 1.165) is 18.5 Å². The highest BCUT2D eigenvalue weighted by Gasteiger charge is 2.27. The molecule has 20 heavy (non-hydrogen) atoms. The summed E-state index contributed by atoms with van der Waals surface area (Å²) in [6.45, 7) is 3.39. The molecule has 1 saturated heterocycles. The number of aliphatic hydroxyl groups excluding tert-OH is 1. The Balaban J connectivity index is 1.80. The number of piperidine rings is 1. The van der Waals surface area contributed by atoms with E-state index in [1.807, 2.05) is 24.0 Å². The number of hydrogen-bond acceptors (Lipinski definition) is 5. The first-order valence-electron chi connectivity index (χ1n) is 6.66. The number of nitrogens with zero attached hydrogens (tertiary/aromatic N) is 3. The third-order valence-electron chi connectivity index (χ3n) is 3.69. The van der Waals surface area contributed by atoms with Crippen molar-refractivity contribution in [2.45, 2.75) is 19.4 Å². The molecule has 6 heteroatoms. The van der Waals surface area contributed by atoms with Gasteiger partial charge in [-0.25, -0.2) is 0 Å². The van der Waals surface area contributed by atoms with Gasteiger partial charge in [-0.05, 0) is 24.5 Å². The summed E-state index contributed by atoms with van der Waals surface area (Å²) in [4.78, 5) is 6.31. The largest absolute Gasteiger partial charge is 0.391 e. The Morgan fingerprint density at radius 2 is 2.30 bits per heavy atom. The van der Waals surface area contributed by atoms with E-state index < -0.39 is 0 Å². The summed E-state index contributed by atoms with van der Waals surface area (Å²) in [7, 11) is 0. The van der Waals surface area contributed by atoms with Crippen LogP contribution in [0.25, 0.3) is 11.4 Å². The lowest BCUT2D eigenvalue weighted by Crippen LogP contribution is -2.43. The zero-order chi connectivity index (χ0) is 14.1. The van der Waals surface area contributed by atoms with Crippen LogP contribution in [-0.4, -0.2) is 34.4 Å². The van der Waals surface area contributed by atoms with Gasteiger partial charge >= 0.3 is 6.01 Å². The van der Waals surface area contributed by atoms with Crippen LogP contribution in [0.15, 0.2) is 28.8 Å². The molecule has 5 nitrogen and oxygen atoms in total. The predicted molar refractivity (Wildman–Crippen MR) is 76.7 cm³/mol. The second-order valence-corrected chi connectivity index (χ2v) is 5.63. The number of aromatic nitrogens is 2. The average molecular weight is 294 g/mol. The molecule has 1 aromatic carbocycles. The first kappa shape index (κ1) is 13.4. The van der Waals surface area contributed by atoms with Gasteiger partial charge in [0.15, 0.2) is 0 Å². The molecule has 0 bridgehead atoms. The van der Waals surface area contributed by atoms with Crippen LogP contribution in [0.5, 0.6) is 0 Å². The lowest BCUT2D eigenvalue weighted by molar-refractivity contribution is 0.100. The molecule has 1 N–H and O–H groups in total. The normalized spacial score (nSPS) is 23.1. The van der Waals surface area contributed by atoms with Gasteiger partial charge in [0, 0.05) is 23.7 Å². The maximum Gasteiger partial charge on any atom is 0.324 e. The second kappa shape index (κ2) is 5.42. The average Bonchev–Trinajstić information content (AvgIpc) is 2.92. The van der Waals surface area contributed by atoms with Gasteiger partial charge in [-0.15, -0.1) is 0 Å². The number of anilines is 1. The third kappa shape index (κ3) is 2.64. The quantitative estimate of drug-likeness (QED) is 0.922. The highest BCUT2D eigenvalue weighted by molar-refractivity contribution is 6.30. The summed E-state index contributed by atoms with van der Waals surface area (Å²) in [5, 5.41) is 14.5. The number of halogens is 1. The molecule has 2 aromatic rings. The van der Waals surface area contributed by atoms with Crippen molar-refractivity contribution in [2.75, 3.05) is 18.0 Å². The van der Waals surface area contributed by atoms with Crippen molar-refractivity contribution in [1.29, 1.82) is 0 Å². The molecule has 2 unspecified atom stereocenters. The number of hydrogen-bond donors (Lipinski definition) is 1. The minimum atomic E-state index is -0.356. The van der Waals surface area contributed by atoms with Crippen molar-refractivity contribution >= 4 is 17.6 Å². The van der Waals surface area contributed by atoms with E-state index in [0.29, 0.717) is 29.3 Å². The van der Waals surface area contributed by atoms with Crippen molar-refractivity contribution in [3.63, 3.8) is 0 Å². The molecular weight excluding hydrogens is 278 g/mol. The lowest BCUT2D eigenvalue weighted by atomic mass is 9.96. The Kier molecular flexibility index (Phi) is 3.63. The maximum atomic E-state index is 9.92. The lowest BCUT2D eigenvalue weighted by Gasteiger charge is -2.32. The van der Waals surface area contributed by atoms with Crippen LogP contribution in [0.3, 0.4) is 0 Å². The molecule has 2 atom stereocenters. The Bertz CT molecular complexity index is 602. The maximum absolute atomic E-state index is 9.92. The number of rotatable bonds is 2. The van der Waals surface area contributed by atoms with Crippen molar-refractivity contribution in [1.82, 2.24) is 10.1 Å². The Morgan fingerprint density at radius 3 is 3.05 bits per heavy atom. The summed E-state index contributed by atoms with van der Waals surface area (Å²) >= 11 is 5.96. The highest BCUT2D eigenvalue weighted by atomic mass is 35.5.